The molecule has 1 aromatic carbocycles. The predicted molar refractivity (Wildman–Crippen MR) is 75.4 cm³/mol. The van der Waals surface area contributed by atoms with Crippen LogP contribution >= 0.6 is 0 Å². The zero-order chi connectivity index (χ0) is 13.1. The highest BCUT2D eigenvalue weighted by Gasteiger charge is 2.18. The first-order chi connectivity index (χ1) is 8.63. The molecule has 2 N–H and O–H groups in total. The number of furan rings is 1. The fourth-order valence-corrected chi connectivity index (χ4v) is 2.50. The first-order valence-electron chi connectivity index (χ1n) is 6.49. The molecule has 1 unspecified atom stereocenters. The van der Waals surface area contributed by atoms with Crippen molar-refractivity contribution in [3.05, 3.63) is 36.1 Å². The van der Waals surface area contributed by atoms with E-state index in [4.69, 9.17) is 10.2 Å². The Kier molecular flexibility index (Phi) is 4.04. The molecule has 0 radical (unpaired) electrons. The van der Waals surface area contributed by atoms with Crippen molar-refractivity contribution < 1.29 is 4.42 Å². The Bertz CT molecular complexity index is 504. The molecule has 3 nitrogen and oxygen atoms in total. The number of para-hydroxylation sites is 1. The first kappa shape index (κ1) is 13.1. The van der Waals surface area contributed by atoms with Gasteiger partial charge in [0.1, 0.15) is 5.58 Å². The third-order valence-corrected chi connectivity index (χ3v) is 3.56. The number of fused-ring (bicyclic) bond motifs is 1. The highest BCUT2D eigenvalue weighted by Crippen LogP contribution is 2.23. The molecule has 98 valence electrons. The minimum absolute atomic E-state index is 0.402. The molecular formula is C15H22N2O. The lowest BCUT2D eigenvalue weighted by Crippen LogP contribution is -2.41. The lowest BCUT2D eigenvalue weighted by atomic mass is 10.0. The van der Waals surface area contributed by atoms with Gasteiger partial charge in [-0.3, -0.25) is 4.90 Å². The topological polar surface area (TPSA) is 42.4 Å². The molecule has 1 atom stereocenters. The van der Waals surface area contributed by atoms with Gasteiger partial charge < -0.3 is 10.2 Å². The van der Waals surface area contributed by atoms with Crippen molar-refractivity contribution in [3.8, 4) is 0 Å². The summed E-state index contributed by atoms with van der Waals surface area (Å²) < 4.78 is 5.57. The van der Waals surface area contributed by atoms with Crippen molar-refractivity contribution in [1.82, 2.24) is 4.90 Å². The molecule has 1 heterocycles. The minimum Gasteiger partial charge on any atom is -0.464 e. The summed E-state index contributed by atoms with van der Waals surface area (Å²) in [6, 6.07) is 8.55. The normalized spacial score (nSPS) is 13.7. The average Bonchev–Trinajstić information content (AvgIpc) is 2.73. The number of nitrogens with zero attached hydrogens (tertiary/aromatic N) is 1. The zero-order valence-corrected chi connectivity index (χ0v) is 11.4. The van der Waals surface area contributed by atoms with Gasteiger partial charge in [-0.25, -0.2) is 0 Å². The Morgan fingerprint density at radius 2 is 2.00 bits per heavy atom. The van der Waals surface area contributed by atoms with Crippen molar-refractivity contribution in [1.29, 1.82) is 0 Å². The van der Waals surface area contributed by atoms with Crippen LogP contribution in [0.25, 0.3) is 11.0 Å². The van der Waals surface area contributed by atoms with E-state index in [1.807, 2.05) is 24.5 Å². The molecule has 3 heteroatoms. The number of likely N-dealkylation sites (N-methyl/N-ethyl adjacent to an activating group) is 1. The van der Waals surface area contributed by atoms with E-state index in [2.05, 4.69) is 31.9 Å². The van der Waals surface area contributed by atoms with E-state index in [0.717, 1.165) is 12.1 Å². The monoisotopic (exact) mass is 246 g/mol. The average molecular weight is 246 g/mol. The SMILES string of the molecule is CC(C)C(CN)N(C)Cc1coc2ccccc12. The van der Waals surface area contributed by atoms with Crippen molar-refractivity contribution in [2.24, 2.45) is 11.7 Å². The van der Waals surface area contributed by atoms with Crippen LogP contribution in [0.4, 0.5) is 0 Å². The molecule has 1 aromatic heterocycles. The third-order valence-electron chi connectivity index (χ3n) is 3.56. The Hall–Kier alpha value is -1.32. The second kappa shape index (κ2) is 5.55. The molecule has 0 aliphatic heterocycles. The van der Waals surface area contributed by atoms with Gasteiger partial charge in [-0.15, -0.1) is 0 Å². The van der Waals surface area contributed by atoms with Gasteiger partial charge in [0.05, 0.1) is 6.26 Å². The summed E-state index contributed by atoms with van der Waals surface area (Å²) in [6.45, 7) is 5.98. The maximum absolute atomic E-state index is 5.85. The molecule has 0 aliphatic rings. The number of nitrogens with two attached hydrogens (primary N) is 1. The van der Waals surface area contributed by atoms with E-state index >= 15 is 0 Å². The van der Waals surface area contributed by atoms with Gasteiger partial charge in [-0.1, -0.05) is 32.0 Å². The summed E-state index contributed by atoms with van der Waals surface area (Å²) in [4.78, 5) is 2.31. The quantitative estimate of drug-likeness (QED) is 0.882. The fourth-order valence-electron chi connectivity index (χ4n) is 2.50. The summed E-state index contributed by atoms with van der Waals surface area (Å²) in [6.07, 6.45) is 1.86. The van der Waals surface area contributed by atoms with E-state index in [-0.39, 0.29) is 0 Å². The van der Waals surface area contributed by atoms with Gasteiger partial charge in [-0.2, -0.15) is 0 Å². The largest absolute Gasteiger partial charge is 0.464 e. The molecule has 2 rings (SSSR count). The lowest BCUT2D eigenvalue weighted by molar-refractivity contribution is 0.190. The summed E-state index contributed by atoms with van der Waals surface area (Å²) in [7, 11) is 2.12. The van der Waals surface area contributed by atoms with Gasteiger partial charge in [0.15, 0.2) is 0 Å². The minimum atomic E-state index is 0.402. The van der Waals surface area contributed by atoms with Crippen LogP contribution in [0.1, 0.15) is 19.4 Å². The fraction of sp³-hybridized carbons (Fsp3) is 0.467. The van der Waals surface area contributed by atoms with Crippen LogP contribution in [0.2, 0.25) is 0 Å². The third kappa shape index (κ3) is 2.57. The van der Waals surface area contributed by atoms with E-state index in [1.54, 1.807) is 0 Å². The van der Waals surface area contributed by atoms with Crippen LogP contribution < -0.4 is 5.73 Å². The van der Waals surface area contributed by atoms with Crippen molar-refractivity contribution in [2.45, 2.75) is 26.4 Å². The molecule has 0 saturated carbocycles. The second-order valence-electron chi connectivity index (χ2n) is 5.22. The summed E-state index contributed by atoms with van der Waals surface area (Å²) >= 11 is 0. The molecule has 0 saturated heterocycles. The number of hydrogen-bond acceptors (Lipinski definition) is 3. The maximum Gasteiger partial charge on any atom is 0.134 e. The Morgan fingerprint density at radius 1 is 1.28 bits per heavy atom. The number of hydrogen-bond donors (Lipinski definition) is 1. The smallest absolute Gasteiger partial charge is 0.134 e. The van der Waals surface area contributed by atoms with Crippen LogP contribution in [0.15, 0.2) is 34.9 Å². The van der Waals surface area contributed by atoms with E-state index in [1.165, 1.54) is 10.9 Å². The van der Waals surface area contributed by atoms with Crippen LogP contribution in [0.5, 0.6) is 0 Å². The molecule has 18 heavy (non-hydrogen) atoms. The van der Waals surface area contributed by atoms with Crippen molar-refractivity contribution >= 4 is 11.0 Å². The molecule has 0 amide bonds. The first-order valence-corrected chi connectivity index (χ1v) is 6.49. The van der Waals surface area contributed by atoms with Crippen molar-refractivity contribution in [3.63, 3.8) is 0 Å². The van der Waals surface area contributed by atoms with E-state index in [0.29, 0.717) is 18.5 Å². The molecule has 0 fully saturated rings. The zero-order valence-electron chi connectivity index (χ0n) is 11.4. The highest BCUT2D eigenvalue weighted by atomic mass is 16.3. The predicted octanol–water partition coefficient (Wildman–Crippen LogP) is 2.85. The van der Waals surface area contributed by atoms with Gasteiger partial charge in [0, 0.05) is 30.1 Å². The summed E-state index contributed by atoms with van der Waals surface area (Å²) in [5.74, 6) is 0.554. The Morgan fingerprint density at radius 3 is 2.67 bits per heavy atom. The lowest BCUT2D eigenvalue weighted by Gasteiger charge is -2.29. The van der Waals surface area contributed by atoms with Crippen LogP contribution in [-0.4, -0.2) is 24.5 Å². The second-order valence-corrected chi connectivity index (χ2v) is 5.22. The molecule has 0 spiro atoms. The van der Waals surface area contributed by atoms with Gasteiger partial charge in [-0.05, 0) is 19.0 Å². The van der Waals surface area contributed by atoms with E-state index < -0.39 is 0 Å². The van der Waals surface area contributed by atoms with Crippen LogP contribution in [0.3, 0.4) is 0 Å². The van der Waals surface area contributed by atoms with Crippen molar-refractivity contribution in [2.75, 3.05) is 13.6 Å². The maximum atomic E-state index is 5.85. The molecule has 2 aromatic rings. The number of benzene rings is 1. The van der Waals surface area contributed by atoms with Crippen LogP contribution in [0, 0.1) is 5.92 Å². The Labute approximate surface area is 109 Å². The Balaban J connectivity index is 2.18. The van der Waals surface area contributed by atoms with Gasteiger partial charge in [0.25, 0.3) is 0 Å². The standard InChI is InChI=1S/C15H22N2O/c1-11(2)14(8-16)17(3)9-12-10-18-15-7-5-4-6-13(12)15/h4-7,10-11,14H,8-9,16H2,1-3H3. The summed E-state index contributed by atoms with van der Waals surface area (Å²) in [5, 5.41) is 1.20. The van der Waals surface area contributed by atoms with E-state index in [9.17, 15) is 0 Å². The van der Waals surface area contributed by atoms with Gasteiger partial charge >= 0.3 is 0 Å². The summed E-state index contributed by atoms with van der Waals surface area (Å²) in [5.41, 5.74) is 8.03. The molecule has 0 bridgehead atoms. The van der Waals surface area contributed by atoms with Crippen LogP contribution in [-0.2, 0) is 6.54 Å². The number of rotatable bonds is 5. The molecular weight excluding hydrogens is 224 g/mol. The highest BCUT2D eigenvalue weighted by molar-refractivity contribution is 5.80. The van der Waals surface area contributed by atoms with Gasteiger partial charge in [0.2, 0.25) is 0 Å². The molecule has 0 aliphatic carbocycles.